The molecule has 0 bridgehead atoms. The van der Waals surface area contributed by atoms with Gasteiger partial charge in [-0.2, -0.15) is 0 Å². The van der Waals surface area contributed by atoms with E-state index in [0.29, 0.717) is 24.7 Å². The Morgan fingerprint density at radius 1 is 1.04 bits per heavy atom. The average Bonchev–Trinajstić information content (AvgIpc) is 2.65. The van der Waals surface area contributed by atoms with Crippen LogP contribution in [0.4, 0.5) is 14.5 Å². The van der Waals surface area contributed by atoms with E-state index < -0.39 is 11.6 Å². The van der Waals surface area contributed by atoms with Crippen molar-refractivity contribution in [3.8, 4) is 11.5 Å². The first-order valence-corrected chi connectivity index (χ1v) is 9.20. The molecule has 2 aromatic rings. The first-order chi connectivity index (χ1) is 13.0. The zero-order valence-corrected chi connectivity index (χ0v) is 15.8. The third-order valence-electron chi connectivity index (χ3n) is 4.10. The molecule has 0 amide bonds. The summed E-state index contributed by atoms with van der Waals surface area (Å²) >= 11 is 0. The van der Waals surface area contributed by atoms with Crippen LogP contribution in [0, 0.1) is 11.6 Å². The number of benzene rings is 2. The van der Waals surface area contributed by atoms with Crippen molar-refractivity contribution in [2.24, 2.45) is 0 Å². The van der Waals surface area contributed by atoms with Crippen LogP contribution in [-0.2, 0) is 11.3 Å². The summed E-state index contributed by atoms with van der Waals surface area (Å²) in [5.74, 6) is 0.416. The number of nitrogen functional groups attached to an aromatic ring is 1. The zero-order chi connectivity index (χ0) is 19.6. The summed E-state index contributed by atoms with van der Waals surface area (Å²) in [6, 6.07) is 8.75. The van der Waals surface area contributed by atoms with E-state index in [9.17, 15) is 8.78 Å². The topological polar surface area (TPSA) is 53.7 Å². The fourth-order valence-electron chi connectivity index (χ4n) is 2.37. The second-order valence-corrected chi connectivity index (χ2v) is 6.38. The lowest BCUT2D eigenvalue weighted by molar-refractivity contribution is 0.111. The Morgan fingerprint density at radius 3 is 2.56 bits per heavy atom. The van der Waals surface area contributed by atoms with Crippen LogP contribution in [0.1, 0.15) is 38.7 Å². The summed E-state index contributed by atoms with van der Waals surface area (Å²) in [7, 11) is 0. The van der Waals surface area contributed by atoms with Crippen LogP contribution in [0.2, 0.25) is 0 Å². The van der Waals surface area contributed by atoms with Crippen molar-refractivity contribution < 1.29 is 23.0 Å². The lowest BCUT2D eigenvalue weighted by atomic mass is 10.2. The fraction of sp³-hybridized carbons (Fsp3) is 0.429. The van der Waals surface area contributed by atoms with Crippen molar-refractivity contribution in [2.45, 2.75) is 45.8 Å². The molecule has 4 nitrogen and oxygen atoms in total. The molecule has 1 unspecified atom stereocenters. The largest absolute Gasteiger partial charge is 0.491 e. The van der Waals surface area contributed by atoms with Crippen LogP contribution >= 0.6 is 0 Å². The smallest absolute Gasteiger partial charge is 0.142 e. The number of unbranched alkanes of at least 4 members (excludes halogenated alkanes) is 1. The molecule has 27 heavy (non-hydrogen) atoms. The van der Waals surface area contributed by atoms with Crippen molar-refractivity contribution in [3.05, 3.63) is 53.6 Å². The summed E-state index contributed by atoms with van der Waals surface area (Å²) in [5, 5.41) is 0. The molecule has 2 aromatic carbocycles. The predicted octanol–water partition coefficient (Wildman–Crippen LogP) is 5.10. The van der Waals surface area contributed by atoms with Gasteiger partial charge in [0.25, 0.3) is 0 Å². The lowest BCUT2D eigenvalue weighted by Crippen LogP contribution is -2.10. The molecule has 0 spiro atoms. The Kier molecular flexibility index (Phi) is 8.33. The Morgan fingerprint density at radius 2 is 1.81 bits per heavy atom. The van der Waals surface area contributed by atoms with Gasteiger partial charge in [-0.3, -0.25) is 0 Å². The molecule has 0 aliphatic rings. The SMILES string of the molecule is CCC(C)Oc1ccc(OCCCCOCc2cc(F)ccc2F)c(N)c1. The molecule has 0 radical (unpaired) electrons. The Labute approximate surface area is 159 Å². The van der Waals surface area contributed by atoms with Gasteiger partial charge < -0.3 is 19.9 Å². The minimum atomic E-state index is -0.471. The van der Waals surface area contributed by atoms with Gasteiger partial charge in [-0.1, -0.05) is 6.92 Å². The third kappa shape index (κ3) is 7.06. The van der Waals surface area contributed by atoms with E-state index in [-0.39, 0.29) is 18.3 Å². The third-order valence-corrected chi connectivity index (χ3v) is 4.10. The maximum Gasteiger partial charge on any atom is 0.142 e. The Bertz CT molecular complexity index is 725. The Hall–Kier alpha value is -2.34. The van der Waals surface area contributed by atoms with Gasteiger partial charge in [0.2, 0.25) is 0 Å². The van der Waals surface area contributed by atoms with Crippen LogP contribution < -0.4 is 15.2 Å². The molecule has 0 aliphatic heterocycles. The molecule has 0 heterocycles. The first kappa shape index (κ1) is 21.0. The molecule has 2 N–H and O–H groups in total. The van der Waals surface area contributed by atoms with Gasteiger partial charge in [0, 0.05) is 18.2 Å². The molecular formula is C21H27F2NO3. The highest BCUT2D eigenvalue weighted by molar-refractivity contribution is 5.56. The van der Waals surface area contributed by atoms with Crippen LogP contribution in [0.15, 0.2) is 36.4 Å². The van der Waals surface area contributed by atoms with E-state index >= 15 is 0 Å². The normalized spacial score (nSPS) is 12.0. The van der Waals surface area contributed by atoms with Crippen molar-refractivity contribution in [1.29, 1.82) is 0 Å². The summed E-state index contributed by atoms with van der Waals surface area (Å²) in [4.78, 5) is 0. The van der Waals surface area contributed by atoms with E-state index in [4.69, 9.17) is 19.9 Å². The van der Waals surface area contributed by atoms with Crippen LogP contribution in [0.3, 0.4) is 0 Å². The minimum Gasteiger partial charge on any atom is -0.491 e. The predicted molar refractivity (Wildman–Crippen MR) is 102 cm³/mol. The first-order valence-electron chi connectivity index (χ1n) is 9.20. The average molecular weight is 379 g/mol. The number of anilines is 1. The van der Waals surface area contributed by atoms with Crippen LogP contribution in [-0.4, -0.2) is 19.3 Å². The van der Waals surface area contributed by atoms with Gasteiger partial charge in [0.05, 0.1) is 25.0 Å². The number of rotatable bonds is 11. The summed E-state index contributed by atoms with van der Waals surface area (Å²) in [6.45, 7) is 5.05. The van der Waals surface area contributed by atoms with Crippen molar-refractivity contribution in [2.75, 3.05) is 18.9 Å². The summed E-state index contributed by atoms with van der Waals surface area (Å²) < 4.78 is 43.3. The van der Waals surface area contributed by atoms with E-state index in [1.165, 1.54) is 0 Å². The van der Waals surface area contributed by atoms with Crippen molar-refractivity contribution in [1.82, 2.24) is 0 Å². The second-order valence-electron chi connectivity index (χ2n) is 6.38. The quantitative estimate of drug-likeness (QED) is 0.436. The second kappa shape index (κ2) is 10.7. The maximum absolute atomic E-state index is 13.5. The molecule has 148 valence electrons. The molecule has 0 saturated heterocycles. The molecule has 2 rings (SSSR count). The molecule has 0 aliphatic carbocycles. The highest BCUT2D eigenvalue weighted by Gasteiger charge is 2.06. The fourth-order valence-corrected chi connectivity index (χ4v) is 2.37. The Balaban J connectivity index is 1.64. The van der Waals surface area contributed by atoms with Gasteiger partial charge >= 0.3 is 0 Å². The van der Waals surface area contributed by atoms with E-state index in [1.807, 2.05) is 13.0 Å². The minimum absolute atomic E-state index is 0.0506. The monoisotopic (exact) mass is 379 g/mol. The maximum atomic E-state index is 13.5. The molecule has 0 fully saturated rings. The van der Waals surface area contributed by atoms with E-state index in [2.05, 4.69) is 6.92 Å². The van der Waals surface area contributed by atoms with E-state index in [0.717, 1.165) is 43.2 Å². The van der Waals surface area contributed by atoms with Crippen LogP contribution in [0.5, 0.6) is 11.5 Å². The number of nitrogens with two attached hydrogens (primary N) is 1. The van der Waals surface area contributed by atoms with Crippen molar-refractivity contribution >= 4 is 5.69 Å². The van der Waals surface area contributed by atoms with Crippen molar-refractivity contribution in [3.63, 3.8) is 0 Å². The number of halogens is 2. The van der Waals surface area contributed by atoms with Gasteiger partial charge in [-0.15, -0.1) is 0 Å². The zero-order valence-electron chi connectivity index (χ0n) is 15.8. The van der Waals surface area contributed by atoms with Gasteiger partial charge in [0.1, 0.15) is 23.1 Å². The molecule has 0 aromatic heterocycles. The van der Waals surface area contributed by atoms with E-state index in [1.54, 1.807) is 12.1 Å². The summed E-state index contributed by atoms with van der Waals surface area (Å²) in [6.07, 6.45) is 2.56. The van der Waals surface area contributed by atoms with Gasteiger partial charge in [0.15, 0.2) is 0 Å². The molecule has 1 atom stereocenters. The van der Waals surface area contributed by atoms with Gasteiger partial charge in [-0.25, -0.2) is 8.78 Å². The number of hydrogen-bond donors (Lipinski definition) is 1. The number of hydrogen-bond acceptors (Lipinski definition) is 4. The lowest BCUT2D eigenvalue weighted by Gasteiger charge is -2.14. The standard InChI is InChI=1S/C21H27F2NO3/c1-3-15(2)27-18-7-9-21(20(24)13-18)26-11-5-4-10-25-14-16-12-17(22)6-8-19(16)23/h6-9,12-13,15H,3-5,10-11,14,24H2,1-2H3. The highest BCUT2D eigenvalue weighted by atomic mass is 19.1. The highest BCUT2D eigenvalue weighted by Crippen LogP contribution is 2.27. The molecule has 0 saturated carbocycles. The van der Waals surface area contributed by atoms with Crippen LogP contribution in [0.25, 0.3) is 0 Å². The molecule has 6 heteroatoms. The van der Waals surface area contributed by atoms with Gasteiger partial charge in [-0.05, 0) is 56.5 Å². The summed E-state index contributed by atoms with van der Waals surface area (Å²) in [5.41, 5.74) is 6.75. The number of ether oxygens (including phenoxy) is 3. The molecular weight excluding hydrogens is 352 g/mol.